The Bertz CT molecular complexity index is 1470. The van der Waals surface area contributed by atoms with Crippen molar-refractivity contribution in [2.45, 2.75) is 52.5 Å². The number of nitrogens with zero attached hydrogens (tertiary/aromatic N) is 3. The van der Waals surface area contributed by atoms with Crippen LogP contribution >= 0.6 is 0 Å². The zero-order valence-corrected chi connectivity index (χ0v) is 23.4. The second-order valence-corrected chi connectivity index (χ2v) is 10.3. The smallest absolute Gasteiger partial charge is 0.328 e. The molecule has 41 heavy (non-hydrogen) atoms. The number of nitrogens with one attached hydrogen (secondary N) is 1. The van der Waals surface area contributed by atoms with E-state index in [0.29, 0.717) is 44.5 Å². The lowest BCUT2D eigenvalue weighted by molar-refractivity contribution is -0.142. The fourth-order valence-corrected chi connectivity index (χ4v) is 5.24. The number of aromatic nitrogens is 2. The zero-order chi connectivity index (χ0) is 29.3. The van der Waals surface area contributed by atoms with E-state index in [1.54, 1.807) is 6.20 Å². The van der Waals surface area contributed by atoms with E-state index in [1.165, 1.54) is 7.11 Å². The van der Waals surface area contributed by atoms with Crippen molar-refractivity contribution in [3.63, 3.8) is 0 Å². The number of aryl methyl sites for hydroxylation is 2. The summed E-state index contributed by atoms with van der Waals surface area (Å²) in [5.41, 5.74) is 4.71. The first kappa shape index (κ1) is 28.6. The van der Waals surface area contributed by atoms with Gasteiger partial charge in [0.05, 0.1) is 33.5 Å². The summed E-state index contributed by atoms with van der Waals surface area (Å²) >= 11 is 0. The third kappa shape index (κ3) is 5.77. The Labute approximate surface area is 236 Å². The molecule has 9 nitrogen and oxygen atoms in total. The standard InChI is InChI=1S/C30H32F2N4O5/c1-16-12-33-28(34-18(16)3)21-6-5-19(22-14-41-15-23(21)22)9-26(30(38)39-4)35-29(37)27-24(31)10-20(11-25(27)32)36-7-8-40-13-17(36)2/h5-6,10-12,17,26H,7-9,13-15H2,1-4H3,(H,35,37)/t17-,26-/m0/s1. The van der Waals surface area contributed by atoms with E-state index < -0.39 is 35.1 Å². The lowest BCUT2D eigenvalue weighted by Gasteiger charge is -2.35. The number of fused-ring (bicyclic) bond motifs is 1. The Morgan fingerprint density at radius 1 is 1.15 bits per heavy atom. The van der Waals surface area contributed by atoms with Gasteiger partial charge in [-0.1, -0.05) is 12.1 Å². The molecule has 2 aromatic carbocycles. The molecule has 1 saturated heterocycles. The number of anilines is 1. The number of morpholine rings is 1. The molecule has 0 aliphatic carbocycles. The van der Waals surface area contributed by atoms with E-state index in [2.05, 4.69) is 15.3 Å². The number of rotatable bonds is 7. The van der Waals surface area contributed by atoms with Gasteiger partial charge in [0.1, 0.15) is 23.2 Å². The molecule has 0 saturated carbocycles. The summed E-state index contributed by atoms with van der Waals surface area (Å²) in [6.45, 7) is 7.72. The van der Waals surface area contributed by atoms with Crippen molar-refractivity contribution in [3.05, 3.63) is 75.6 Å². The average molecular weight is 567 g/mol. The Morgan fingerprint density at radius 2 is 1.88 bits per heavy atom. The summed E-state index contributed by atoms with van der Waals surface area (Å²) in [6, 6.07) is 4.66. The third-order valence-corrected chi connectivity index (χ3v) is 7.65. The van der Waals surface area contributed by atoms with Gasteiger partial charge in [0, 0.05) is 42.1 Å². The number of carbonyl (C=O) groups excluding carboxylic acids is 2. The maximum Gasteiger partial charge on any atom is 0.328 e. The molecule has 1 aromatic heterocycles. The molecular formula is C30H32F2N4O5. The van der Waals surface area contributed by atoms with Gasteiger partial charge in [-0.3, -0.25) is 4.79 Å². The van der Waals surface area contributed by atoms with Crippen LogP contribution in [0.3, 0.4) is 0 Å². The van der Waals surface area contributed by atoms with Crippen molar-refractivity contribution in [1.29, 1.82) is 0 Å². The van der Waals surface area contributed by atoms with Crippen LogP contribution in [-0.4, -0.2) is 60.8 Å². The summed E-state index contributed by atoms with van der Waals surface area (Å²) in [5.74, 6) is -3.27. The molecule has 216 valence electrons. The van der Waals surface area contributed by atoms with E-state index in [9.17, 15) is 9.59 Å². The van der Waals surface area contributed by atoms with Gasteiger partial charge in [-0.2, -0.15) is 0 Å². The minimum absolute atomic E-state index is 0.0325. The van der Waals surface area contributed by atoms with Gasteiger partial charge in [-0.15, -0.1) is 0 Å². The second kappa shape index (κ2) is 11.9. The molecule has 5 rings (SSSR count). The van der Waals surface area contributed by atoms with Crippen LogP contribution in [0.4, 0.5) is 14.5 Å². The SMILES string of the molecule is COC(=O)[C@H](Cc1ccc(-c2ncc(C)c(C)n2)c2c1COC2)NC(=O)c1c(F)cc(N2CCOC[C@@H]2C)cc1F. The van der Waals surface area contributed by atoms with E-state index in [4.69, 9.17) is 14.2 Å². The maximum absolute atomic E-state index is 15.1. The summed E-state index contributed by atoms with van der Waals surface area (Å²) < 4.78 is 46.3. The molecule has 0 spiro atoms. The van der Waals surface area contributed by atoms with Crippen molar-refractivity contribution in [3.8, 4) is 11.4 Å². The number of hydrogen-bond donors (Lipinski definition) is 1. The lowest BCUT2D eigenvalue weighted by atomic mass is 9.93. The molecule has 0 radical (unpaired) electrons. The van der Waals surface area contributed by atoms with Crippen LogP contribution < -0.4 is 10.2 Å². The second-order valence-electron chi connectivity index (χ2n) is 10.3. The highest BCUT2D eigenvalue weighted by Gasteiger charge is 2.30. The molecule has 2 atom stereocenters. The molecule has 0 unspecified atom stereocenters. The molecule has 0 bridgehead atoms. The first-order valence-corrected chi connectivity index (χ1v) is 13.4. The molecule has 1 amide bonds. The molecule has 1 fully saturated rings. The summed E-state index contributed by atoms with van der Waals surface area (Å²) in [5, 5.41) is 2.48. The number of methoxy groups -OCH3 is 1. The number of ether oxygens (including phenoxy) is 3. The van der Waals surface area contributed by atoms with Crippen LogP contribution in [0, 0.1) is 25.5 Å². The van der Waals surface area contributed by atoms with Gasteiger partial charge < -0.3 is 24.4 Å². The first-order chi connectivity index (χ1) is 19.7. The van der Waals surface area contributed by atoms with E-state index in [1.807, 2.05) is 37.8 Å². The monoisotopic (exact) mass is 566 g/mol. The fourth-order valence-electron chi connectivity index (χ4n) is 5.24. The third-order valence-electron chi connectivity index (χ3n) is 7.65. The van der Waals surface area contributed by atoms with Gasteiger partial charge >= 0.3 is 5.97 Å². The summed E-state index contributed by atoms with van der Waals surface area (Å²) in [7, 11) is 1.19. The molecule has 2 aliphatic heterocycles. The predicted molar refractivity (Wildman–Crippen MR) is 146 cm³/mol. The fraction of sp³-hybridized carbons (Fsp3) is 0.400. The van der Waals surface area contributed by atoms with Crippen LogP contribution in [-0.2, 0) is 38.6 Å². The number of benzene rings is 2. The van der Waals surface area contributed by atoms with Crippen LogP contribution in [0.25, 0.3) is 11.4 Å². The van der Waals surface area contributed by atoms with E-state index >= 15 is 8.78 Å². The van der Waals surface area contributed by atoms with Crippen LogP contribution in [0.5, 0.6) is 0 Å². The quantitative estimate of drug-likeness (QED) is 0.431. The highest BCUT2D eigenvalue weighted by Crippen LogP contribution is 2.33. The number of halogens is 2. The van der Waals surface area contributed by atoms with Crippen molar-refractivity contribution < 1.29 is 32.6 Å². The minimum Gasteiger partial charge on any atom is -0.467 e. The normalized spacial score (nSPS) is 17.2. The van der Waals surface area contributed by atoms with Gasteiger partial charge in [-0.25, -0.2) is 23.5 Å². The average Bonchev–Trinajstić information content (AvgIpc) is 3.44. The van der Waals surface area contributed by atoms with Crippen LogP contribution in [0.15, 0.2) is 30.5 Å². The maximum atomic E-state index is 15.1. The Morgan fingerprint density at radius 3 is 2.56 bits per heavy atom. The highest BCUT2D eigenvalue weighted by atomic mass is 19.1. The largest absolute Gasteiger partial charge is 0.467 e. The molecular weight excluding hydrogens is 534 g/mol. The number of carbonyl (C=O) groups is 2. The molecule has 2 aliphatic rings. The van der Waals surface area contributed by atoms with Crippen molar-refractivity contribution in [1.82, 2.24) is 15.3 Å². The highest BCUT2D eigenvalue weighted by molar-refractivity contribution is 5.97. The lowest BCUT2D eigenvalue weighted by Crippen LogP contribution is -2.44. The van der Waals surface area contributed by atoms with Crippen molar-refractivity contribution >= 4 is 17.6 Å². The summed E-state index contributed by atoms with van der Waals surface area (Å²) in [4.78, 5) is 36.7. The van der Waals surface area contributed by atoms with E-state index in [-0.39, 0.29) is 12.5 Å². The molecule has 11 heteroatoms. The molecule has 3 aromatic rings. The van der Waals surface area contributed by atoms with Crippen molar-refractivity contribution in [2.24, 2.45) is 0 Å². The van der Waals surface area contributed by atoms with Crippen LogP contribution in [0.2, 0.25) is 0 Å². The van der Waals surface area contributed by atoms with Crippen molar-refractivity contribution in [2.75, 3.05) is 31.8 Å². The van der Waals surface area contributed by atoms with Gasteiger partial charge in [0.15, 0.2) is 5.82 Å². The Kier molecular flexibility index (Phi) is 8.27. The van der Waals surface area contributed by atoms with Crippen LogP contribution in [0.1, 0.15) is 45.2 Å². The predicted octanol–water partition coefficient (Wildman–Crippen LogP) is 3.81. The van der Waals surface area contributed by atoms with Gasteiger partial charge in [0.25, 0.3) is 5.91 Å². The first-order valence-electron chi connectivity index (χ1n) is 13.4. The number of hydrogen-bond acceptors (Lipinski definition) is 8. The van der Waals surface area contributed by atoms with Gasteiger partial charge in [-0.05, 0) is 55.2 Å². The Hall–Kier alpha value is -3.96. The minimum atomic E-state index is -1.20. The zero-order valence-electron chi connectivity index (χ0n) is 23.4. The van der Waals surface area contributed by atoms with E-state index in [0.717, 1.165) is 45.6 Å². The topological polar surface area (TPSA) is 103 Å². The summed E-state index contributed by atoms with van der Waals surface area (Å²) in [6.07, 6.45) is 1.80. The molecule has 1 N–H and O–H groups in total. The Balaban J connectivity index is 1.40. The number of amides is 1. The van der Waals surface area contributed by atoms with Gasteiger partial charge in [0.2, 0.25) is 0 Å². The number of esters is 1. The molecule has 3 heterocycles.